The molecule has 0 aromatic heterocycles. The Morgan fingerprint density at radius 2 is 1.87 bits per heavy atom. The lowest BCUT2D eigenvalue weighted by atomic mass is 9.72. The molecule has 3 unspecified atom stereocenters. The lowest BCUT2D eigenvalue weighted by Gasteiger charge is -2.32. The largest absolute Gasteiger partial charge is 0.507 e. The third-order valence-electron chi connectivity index (χ3n) is 6.00. The van der Waals surface area contributed by atoms with E-state index in [1.807, 2.05) is 6.07 Å². The van der Waals surface area contributed by atoms with Gasteiger partial charge in [-0.15, -0.1) is 0 Å². The third-order valence-corrected chi connectivity index (χ3v) is 6.00. The number of ketones is 3. The van der Waals surface area contributed by atoms with Gasteiger partial charge in [-0.1, -0.05) is 19.9 Å². The Kier molecular flexibility index (Phi) is 8.74. The van der Waals surface area contributed by atoms with Crippen LogP contribution in [0.2, 0.25) is 0 Å². The van der Waals surface area contributed by atoms with Crippen molar-refractivity contribution < 1.29 is 29.7 Å². The normalized spacial score (nSPS) is 18.2. The molecular weight excluding hydrogens is 384 g/mol. The van der Waals surface area contributed by atoms with Crippen LogP contribution in [-0.2, 0) is 22.4 Å². The smallest absolute Gasteiger partial charge is 0.167 e. The van der Waals surface area contributed by atoms with Crippen molar-refractivity contribution in [3.8, 4) is 5.75 Å². The van der Waals surface area contributed by atoms with Crippen molar-refractivity contribution >= 4 is 17.3 Å². The van der Waals surface area contributed by atoms with Crippen molar-refractivity contribution in [3.63, 3.8) is 0 Å². The van der Waals surface area contributed by atoms with Crippen LogP contribution in [-0.4, -0.2) is 45.9 Å². The molecule has 0 spiro atoms. The summed E-state index contributed by atoms with van der Waals surface area (Å²) in [5.41, 5.74) is 2.35. The Bertz CT molecular complexity index is 782. The molecule has 3 N–H and O–H groups in total. The Hall–Kier alpha value is -2.05. The summed E-state index contributed by atoms with van der Waals surface area (Å²) in [6, 6.07) is 3.47. The second kappa shape index (κ2) is 10.8. The minimum Gasteiger partial charge on any atom is -0.507 e. The summed E-state index contributed by atoms with van der Waals surface area (Å²) in [5.74, 6) is -1.34. The van der Waals surface area contributed by atoms with Crippen LogP contribution >= 0.6 is 0 Å². The number of phenolic OH excluding ortho intramolecular Hbond substituents is 1. The first-order valence-electron chi connectivity index (χ1n) is 10.8. The van der Waals surface area contributed by atoms with Gasteiger partial charge in [-0.3, -0.25) is 14.4 Å². The number of aromatic hydroxyl groups is 1. The van der Waals surface area contributed by atoms with E-state index < -0.39 is 5.92 Å². The molecular formula is C24H34O6. The Morgan fingerprint density at radius 3 is 2.43 bits per heavy atom. The first-order chi connectivity index (χ1) is 14.2. The molecule has 166 valence electrons. The molecule has 0 amide bonds. The molecule has 0 saturated heterocycles. The number of aliphatic hydroxyl groups is 2. The average molecular weight is 419 g/mol. The van der Waals surface area contributed by atoms with Crippen molar-refractivity contribution in [2.45, 2.75) is 59.3 Å². The maximum Gasteiger partial charge on any atom is 0.167 e. The van der Waals surface area contributed by atoms with Crippen molar-refractivity contribution in [1.82, 2.24) is 0 Å². The van der Waals surface area contributed by atoms with Gasteiger partial charge in [-0.2, -0.15) is 0 Å². The van der Waals surface area contributed by atoms with E-state index in [2.05, 4.69) is 13.8 Å². The van der Waals surface area contributed by atoms with Crippen LogP contribution in [0.3, 0.4) is 0 Å². The van der Waals surface area contributed by atoms with Gasteiger partial charge < -0.3 is 15.3 Å². The van der Waals surface area contributed by atoms with E-state index in [0.717, 1.165) is 17.5 Å². The van der Waals surface area contributed by atoms with Crippen LogP contribution < -0.4 is 0 Å². The van der Waals surface area contributed by atoms with Gasteiger partial charge in [0.2, 0.25) is 0 Å². The quantitative estimate of drug-likeness (QED) is 0.477. The Morgan fingerprint density at radius 1 is 1.17 bits per heavy atom. The summed E-state index contributed by atoms with van der Waals surface area (Å²) in [5, 5.41) is 29.6. The van der Waals surface area contributed by atoms with Gasteiger partial charge in [0.1, 0.15) is 17.3 Å². The number of phenols is 1. The van der Waals surface area contributed by atoms with E-state index in [-0.39, 0.29) is 61.0 Å². The molecule has 1 aromatic carbocycles. The molecule has 2 rings (SSSR count). The number of carbonyl (C=O) groups is 3. The predicted molar refractivity (Wildman–Crippen MR) is 113 cm³/mol. The first kappa shape index (κ1) is 24.2. The fourth-order valence-electron chi connectivity index (χ4n) is 4.71. The number of fused-ring (bicyclic) bond motifs is 1. The van der Waals surface area contributed by atoms with E-state index in [4.69, 9.17) is 0 Å². The highest BCUT2D eigenvalue weighted by molar-refractivity contribution is 6.01. The lowest BCUT2D eigenvalue weighted by Crippen LogP contribution is -2.32. The minimum atomic E-state index is -0.725. The van der Waals surface area contributed by atoms with E-state index >= 15 is 0 Å². The van der Waals surface area contributed by atoms with Crippen molar-refractivity contribution in [2.75, 3.05) is 13.2 Å². The average Bonchev–Trinajstić information content (AvgIpc) is 2.63. The Balaban J connectivity index is 2.28. The monoisotopic (exact) mass is 418 g/mol. The number of carbonyl (C=O) groups excluding carboxylic acids is 3. The summed E-state index contributed by atoms with van der Waals surface area (Å²) >= 11 is 0. The third kappa shape index (κ3) is 5.99. The fraction of sp³-hybridized carbons (Fsp3) is 0.625. The molecule has 0 radical (unpaired) electrons. The Labute approximate surface area is 178 Å². The maximum atomic E-state index is 12.8. The topological polar surface area (TPSA) is 112 Å². The van der Waals surface area contributed by atoms with Gasteiger partial charge in [0.15, 0.2) is 5.78 Å². The molecule has 6 nitrogen and oxygen atoms in total. The summed E-state index contributed by atoms with van der Waals surface area (Å²) in [6.45, 7) is 5.03. The van der Waals surface area contributed by atoms with Gasteiger partial charge in [0.25, 0.3) is 0 Å². The van der Waals surface area contributed by atoms with Crippen LogP contribution in [0.4, 0.5) is 0 Å². The van der Waals surface area contributed by atoms with Crippen molar-refractivity contribution in [3.05, 3.63) is 28.8 Å². The van der Waals surface area contributed by atoms with Crippen LogP contribution in [0, 0.1) is 23.7 Å². The van der Waals surface area contributed by atoms with Gasteiger partial charge in [-0.05, 0) is 67.6 Å². The zero-order valence-electron chi connectivity index (χ0n) is 18.2. The lowest BCUT2D eigenvalue weighted by molar-refractivity contribution is -0.131. The number of hydrogen-bond donors (Lipinski definition) is 3. The molecule has 30 heavy (non-hydrogen) atoms. The summed E-state index contributed by atoms with van der Waals surface area (Å²) < 4.78 is 0. The molecule has 1 aromatic rings. The van der Waals surface area contributed by atoms with E-state index in [1.165, 1.54) is 6.92 Å². The van der Waals surface area contributed by atoms with Gasteiger partial charge >= 0.3 is 0 Å². The van der Waals surface area contributed by atoms with Crippen LogP contribution in [0.1, 0.15) is 67.9 Å². The van der Waals surface area contributed by atoms with E-state index in [9.17, 15) is 29.7 Å². The summed E-state index contributed by atoms with van der Waals surface area (Å²) in [7, 11) is 0. The molecule has 1 aliphatic carbocycles. The minimum absolute atomic E-state index is 0.0118. The molecule has 3 atom stereocenters. The maximum absolute atomic E-state index is 12.8. The van der Waals surface area contributed by atoms with Crippen LogP contribution in [0.25, 0.3) is 0 Å². The highest BCUT2D eigenvalue weighted by atomic mass is 16.3. The zero-order valence-corrected chi connectivity index (χ0v) is 18.2. The number of aliphatic hydroxyl groups excluding tert-OH is 2. The standard InChI is InChI=1S/C24H34O6/c1-14(2)8-17-4-5-21(28)24-19(17)11-16(12-23(24)30)10-18(6-7-25)20(13-26)22(29)9-15(3)27/h4-5,14,16,18,20,25-26,28H,6-13H2,1-3H3. The molecule has 6 heteroatoms. The van der Waals surface area contributed by atoms with Gasteiger partial charge in [0.05, 0.1) is 18.6 Å². The van der Waals surface area contributed by atoms with E-state index in [0.29, 0.717) is 30.7 Å². The molecule has 0 saturated carbocycles. The van der Waals surface area contributed by atoms with Crippen molar-refractivity contribution in [1.29, 1.82) is 0 Å². The highest BCUT2D eigenvalue weighted by Crippen LogP contribution is 2.38. The first-order valence-corrected chi connectivity index (χ1v) is 10.8. The van der Waals surface area contributed by atoms with Gasteiger partial charge in [-0.25, -0.2) is 0 Å². The molecule has 0 heterocycles. The number of benzene rings is 1. The van der Waals surface area contributed by atoms with Crippen LogP contribution in [0.5, 0.6) is 5.75 Å². The highest BCUT2D eigenvalue weighted by Gasteiger charge is 2.34. The predicted octanol–water partition coefficient (Wildman–Crippen LogP) is 2.88. The summed E-state index contributed by atoms with van der Waals surface area (Å²) in [6.07, 6.45) is 2.26. The molecule has 0 fully saturated rings. The van der Waals surface area contributed by atoms with Gasteiger partial charge in [0, 0.05) is 18.9 Å². The SMILES string of the molecule is CC(=O)CC(=O)C(CO)C(CCO)CC1CC(=O)c2c(O)ccc(CC(C)C)c2C1. The van der Waals surface area contributed by atoms with Crippen LogP contribution in [0.15, 0.2) is 12.1 Å². The zero-order chi connectivity index (χ0) is 22.4. The second-order valence-electron chi connectivity index (χ2n) is 9.04. The molecule has 0 aliphatic heterocycles. The second-order valence-corrected chi connectivity index (χ2v) is 9.04. The van der Waals surface area contributed by atoms with E-state index in [1.54, 1.807) is 6.07 Å². The number of rotatable bonds is 11. The molecule has 1 aliphatic rings. The fourth-order valence-corrected chi connectivity index (χ4v) is 4.71. The number of Topliss-reactive ketones (excluding diaryl/α,β-unsaturated/α-hetero) is 3. The molecule has 0 bridgehead atoms. The van der Waals surface area contributed by atoms with Crippen molar-refractivity contribution in [2.24, 2.45) is 23.7 Å². The number of hydrogen-bond acceptors (Lipinski definition) is 6. The summed E-state index contributed by atoms with van der Waals surface area (Å²) in [4.78, 5) is 36.7.